The highest BCUT2D eigenvalue weighted by Crippen LogP contribution is 2.37. The van der Waals surface area contributed by atoms with E-state index >= 15 is 0 Å². The number of thiophene rings is 1. The molecule has 0 spiro atoms. The summed E-state index contributed by atoms with van der Waals surface area (Å²) in [5.41, 5.74) is 9.30. The molecule has 134 valence electrons. The van der Waals surface area contributed by atoms with E-state index in [-0.39, 0.29) is 12.5 Å². The van der Waals surface area contributed by atoms with Gasteiger partial charge < -0.3 is 15.8 Å². The first kappa shape index (κ1) is 19.3. The summed E-state index contributed by atoms with van der Waals surface area (Å²) in [6.45, 7) is 6.09. The molecule has 0 radical (unpaired) electrons. The number of nitrogens with two attached hydrogens (primary N) is 1. The second-order valence-corrected chi connectivity index (χ2v) is 7.58. The molecule has 0 unspecified atom stereocenters. The average molecular weight is 379 g/mol. The van der Waals surface area contributed by atoms with Crippen LogP contribution in [0.1, 0.15) is 43.6 Å². The smallest absolute Gasteiger partial charge is 0.341 e. The molecule has 25 heavy (non-hydrogen) atoms. The molecule has 0 bridgehead atoms. The van der Waals surface area contributed by atoms with Crippen LogP contribution in [0.15, 0.2) is 23.1 Å². The van der Waals surface area contributed by atoms with Crippen molar-refractivity contribution < 1.29 is 14.3 Å². The number of carbonyl (C=O) groups excluding carboxylic acids is 2. The normalized spacial score (nSPS) is 10.6. The second-order valence-electron chi connectivity index (χ2n) is 5.51. The Balaban J connectivity index is 2.39. The minimum absolute atomic E-state index is 0.247. The summed E-state index contributed by atoms with van der Waals surface area (Å²) in [6.07, 6.45) is 0. The van der Waals surface area contributed by atoms with E-state index in [0.717, 1.165) is 21.8 Å². The van der Waals surface area contributed by atoms with Crippen molar-refractivity contribution >= 4 is 40.0 Å². The Hall–Kier alpha value is -1.99. The molecule has 0 aliphatic rings. The lowest BCUT2D eigenvalue weighted by Gasteiger charge is -2.09. The third kappa shape index (κ3) is 4.35. The summed E-state index contributed by atoms with van der Waals surface area (Å²) in [7, 11) is 1.56. The zero-order chi connectivity index (χ0) is 18.6. The number of hydrogen-bond acceptors (Lipinski definition) is 6. The van der Waals surface area contributed by atoms with Gasteiger partial charge in [0.25, 0.3) is 5.91 Å². The van der Waals surface area contributed by atoms with Crippen LogP contribution in [0.5, 0.6) is 0 Å². The highest BCUT2D eigenvalue weighted by molar-refractivity contribution is 7.98. The van der Waals surface area contributed by atoms with E-state index in [4.69, 9.17) is 10.5 Å². The molecular formula is C18H22N2O3S2. The third-order valence-corrected chi connectivity index (χ3v) is 5.91. The Morgan fingerprint density at radius 2 is 2.04 bits per heavy atom. The zero-order valence-electron chi connectivity index (χ0n) is 14.8. The lowest BCUT2D eigenvalue weighted by atomic mass is 10.1. The Bertz CT molecular complexity index is 800. The third-order valence-electron chi connectivity index (χ3n) is 3.65. The molecule has 2 rings (SSSR count). The molecule has 7 heteroatoms. The van der Waals surface area contributed by atoms with Crippen molar-refractivity contribution in [2.45, 2.75) is 31.4 Å². The molecule has 1 aromatic heterocycles. The quantitative estimate of drug-likeness (QED) is 0.591. The summed E-state index contributed by atoms with van der Waals surface area (Å²) < 4.78 is 5.11. The van der Waals surface area contributed by atoms with Crippen molar-refractivity contribution in [3.8, 4) is 0 Å². The maximum atomic E-state index is 12.3. The van der Waals surface area contributed by atoms with Gasteiger partial charge in [-0.15, -0.1) is 23.1 Å². The van der Waals surface area contributed by atoms with E-state index in [1.807, 2.05) is 19.9 Å². The van der Waals surface area contributed by atoms with Crippen molar-refractivity contribution in [1.82, 2.24) is 5.32 Å². The molecule has 1 heterocycles. The van der Waals surface area contributed by atoms with Gasteiger partial charge in [-0.25, -0.2) is 4.79 Å². The van der Waals surface area contributed by atoms with Crippen molar-refractivity contribution in [3.63, 3.8) is 0 Å². The highest BCUT2D eigenvalue weighted by atomic mass is 32.2. The molecule has 0 saturated heterocycles. The van der Waals surface area contributed by atoms with Crippen molar-refractivity contribution in [1.29, 1.82) is 0 Å². The molecule has 0 fully saturated rings. The molecule has 1 amide bonds. The first-order valence-corrected chi connectivity index (χ1v) is 9.69. The fourth-order valence-corrected chi connectivity index (χ4v) is 4.61. The summed E-state index contributed by atoms with van der Waals surface area (Å²) in [6, 6.07) is 6.20. The van der Waals surface area contributed by atoms with E-state index in [1.54, 1.807) is 25.7 Å². The van der Waals surface area contributed by atoms with E-state index in [0.29, 0.717) is 26.8 Å². The molecule has 0 aliphatic carbocycles. The monoisotopic (exact) mass is 378 g/mol. The van der Waals surface area contributed by atoms with Crippen LogP contribution in [0.25, 0.3) is 0 Å². The van der Waals surface area contributed by atoms with Gasteiger partial charge in [-0.3, -0.25) is 4.79 Å². The average Bonchev–Trinajstić information content (AvgIpc) is 2.90. The first-order chi connectivity index (χ1) is 11.9. The van der Waals surface area contributed by atoms with Gasteiger partial charge in [-0.2, -0.15) is 0 Å². The van der Waals surface area contributed by atoms with E-state index in [1.165, 1.54) is 5.56 Å². The van der Waals surface area contributed by atoms with Gasteiger partial charge in [0.1, 0.15) is 5.00 Å². The number of nitrogen functional groups attached to an aromatic ring is 1. The number of aryl methyl sites for hydroxylation is 2. The summed E-state index contributed by atoms with van der Waals surface area (Å²) >= 11 is 2.70. The van der Waals surface area contributed by atoms with Crippen LogP contribution >= 0.6 is 23.1 Å². The Morgan fingerprint density at radius 1 is 1.32 bits per heavy atom. The van der Waals surface area contributed by atoms with Crippen LogP contribution in [0.4, 0.5) is 5.00 Å². The molecule has 2 aromatic rings. The van der Waals surface area contributed by atoms with Gasteiger partial charge in [0, 0.05) is 23.3 Å². The second kappa shape index (κ2) is 8.40. The SMILES string of the molecule is CCOC(=O)c1c(N)sc(C(=O)NC)c1CSc1ccc(C)cc1C. The number of nitrogens with one attached hydrogen (secondary N) is 1. The van der Waals surface area contributed by atoms with Gasteiger partial charge in [0.05, 0.1) is 17.0 Å². The number of amides is 1. The standard InChI is InChI=1S/C18H22N2O3S2/c1-5-23-18(22)14-12(15(17(21)20-4)25-16(14)19)9-24-13-7-6-10(2)8-11(13)3/h6-8H,5,9,19H2,1-4H3,(H,20,21). The van der Waals surface area contributed by atoms with E-state index in [2.05, 4.69) is 17.4 Å². The number of carbonyl (C=O) groups is 2. The number of hydrogen-bond donors (Lipinski definition) is 2. The molecule has 5 nitrogen and oxygen atoms in total. The van der Waals surface area contributed by atoms with Crippen molar-refractivity contribution in [2.75, 3.05) is 19.4 Å². The van der Waals surface area contributed by atoms with Crippen LogP contribution in [-0.2, 0) is 10.5 Å². The predicted octanol–water partition coefficient (Wildman–Crippen LogP) is 3.78. The van der Waals surface area contributed by atoms with Crippen LogP contribution < -0.4 is 11.1 Å². The highest BCUT2D eigenvalue weighted by Gasteiger charge is 2.26. The van der Waals surface area contributed by atoms with E-state index in [9.17, 15) is 9.59 Å². The van der Waals surface area contributed by atoms with Crippen LogP contribution in [0.2, 0.25) is 0 Å². The van der Waals surface area contributed by atoms with Gasteiger partial charge in [-0.1, -0.05) is 17.7 Å². The lowest BCUT2D eigenvalue weighted by Crippen LogP contribution is -2.18. The van der Waals surface area contributed by atoms with Crippen LogP contribution in [0.3, 0.4) is 0 Å². The predicted molar refractivity (Wildman–Crippen MR) is 104 cm³/mol. The molecule has 0 aliphatic heterocycles. The fraction of sp³-hybridized carbons (Fsp3) is 0.333. The van der Waals surface area contributed by atoms with Crippen LogP contribution in [-0.4, -0.2) is 25.5 Å². The van der Waals surface area contributed by atoms with Crippen molar-refractivity contribution in [2.24, 2.45) is 0 Å². The minimum Gasteiger partial charge on any atom is -0.462 e. The van der Waals surface area contributed by atoms with Gasteiger partial charge in [0.2, 0.25) is 0 Å². The maximum Gasteiger partial charge on any atom is 0.341 e. The number of anilines is 1. The molecular weight excluding hydrogens is 356 g/mol. The van der Waals surface area contributed by atoms with E-state index < -0.39 is 5.97 Å². The number of benzene rings is 1. The molecule has 0 atom stereocenters. The first-order valence-electron chi connectivity index (χ1n) is 7.89. The number of ether oxygens (including phenoxy) is 1. The van der Waals surface area contributed by atoms with Crippen LogP contribution in [0, 0.1) is 13.8 Å². The van der Waals surface area contributed by atoms with Gasteiger partial charge in [-0.05, 0) is 32.4 Å². The zero-order valence-corrected chi connectivity index (χ0v) is 16.4. The Morgan fingerprint density at radius 3 is 2.64 bits per heavy atom. The maximum absolute atomic E-state index is 12.3. The molecule has 0 saturated carbocycles. The minimum atomic E-state index is -0.484. The Labute approximate surface area is 155 Å². The topological polar surface area (TPSA) is 81.4 Å². The number of thioether (sulfide) groups is 1. The number of rotatable bonds is 6. The summed E-state index contributed by atoms with van der Waals surface area (Å²) in [5.74, 6) is -0.264. The van der Waals surface area contributed by atoms with Gasteiger partial charge in [0.15, 0.2) is 0 Å². The molecule has 1 aromatic carbocycles. The Kier molecular flexibility index (Phi) is 6.50. The summed E-state index contributed by atoms with van der Waals surface area (Å²) in [4.78, 5) is 26.0. The summed E-state index contributed by atoms with van der Waals surface area (Å²) in [5, 5.41) is 2.92. The van der Waals surface area contributed by atoms with Crippen molar-refractivity contribution in [3.05, 3.63) is 45.3 Å². The number of esters is 1. The largest absolute Gasteiger partial charge is 0.462 e. The van der Waals surface area contributed by atoms with Gasteiger partial charge >= 0.3 is 5.97 Å². The fourth-order valence-electron chi connectivity index (χ4n) is 2.46. The molecule has 3 N–H and O–H groups in total. The lowest BCUT2D eigenvalue weighted by molar-refractivity contribution is 0.0527.